The monoisotopic (exact) mass is 396 g/mol. The predicted molar refractivity (Wildman–Crippen MR) is 110 cm³/mol. The normalized spacial score (nSPS) is 14.8. The second-order valence-corrected chi connectivity index (χ2v) is 9.36. The summed E-state index contributed by atoms with van der Waals surface area (Å²) in [6, 6.07) is 14.9. The Balaban J connectivity index is 1.50. The summed E-state index contributed by atoms with van der Waals surface area (Å²) >= 11 is 0. The lowest BCUT2D eigenvalue weighted by Gasteiger charge is -2.30. The fraction of sp³-hybridized carbons (Fsp3) is 0.318. The van der Waals surface area contributed by atoms with E-state index in [2.05, 4.69) is 4.90 Å². The van der Waals surface area contributed by atoms with Crippen LogP contribution >= 0.6 is 0 Å². The first kappa shape index (κ1) is 18.9. The maximum absolute atomic E-state index is 11.6. The van der Waals surface area contributed by atoms with Gasteiger partial charge in [-0.2, -0.15) is 0 Å². The smallest absolute Gasteiger partial charge is 0.226 e. The summed E-state index contributed by atoms with van der Waals surface area (Å²) < 4.78 is 29.1. The molecule has 1 saturated heterocycles. The first-order valence-corrected chi connectivity index (χ1v) is 11.4. The lowest BCUT2D eigenvalue weighted by molar-refractivity contribution is 0.183. The van der Waals surface area contributed by atoms with Gasteiger partial charge in [0.25, 0.3) is 0 Å². The number of hydrogen-bond donors (Lipinski definition) is 0. The minimum absolute atomic E-state index is 0.328. The average molecular weight is 397 g/mol. The third-order valence-corrected chi connectivity index (χ3v) is 6.38. The van der Waals surface area contributed by atoms with Crippen molar-refractivity contribution in [3.63, 3.8) is 0 Å². The molecule has 1 aliphatic rings. The molecule has 4 rings (SSSR count). The largest absolute Gasteiger partial charge is 0.441 e. The zero-order chi connectivity index (χ0) is 19.7. The summed E-state index contributed by atoms with van der Waals surface area (Å²) in [6.45, 7) is 5.39. The third kappa shape index (κ3) is 4.03. The van der Waals surface area contributed by atoms with Gasteiger partial charge in [0.2, 0.25) is 5.89 Å². The van der Waals surface area contributed by atoms with Gasteiger partial charge in [0.05, 0.1) is 10.6 Å². The molecular formula is C22H24N2O3S. The Hall–Kier alpha value is -2.44. The van der Waals surface area contributed by atoms with Crippen molar-refractivity contribution in [3.8, 4) is 22.6 Å². The van der Waals surface area contributed by atoms with E-state index in [-0.39, 0.29) is 0 Å². The lowest BCUT2D eigenvalue weighted by atomic mass is 10.0. The average Bonchev–Trinajstić information content (AvgIpc) is 3.01. The van der Waals surface area contributed by atoms with Crippen LogP contribution in [0.5, 0.6) is 0 Å². The fourth-order valence-electron chi connectivity index (χ4n) is 3.35. The molecule has 1 fully saturated rings. The van der Waals surface area contributed by atoms with Gasteiger partial charge >= 0.3 is 0 Å². The Kier molecular flexibility index (Phi) is 5.08. The predicted octanol–water partition coefficient (Wildman–Crippen LogP) is 3.97. The van der Waals surface area contributed by atoms with E-state index in [1.807, 2.05) is 43.3 Å². The van der Waals surface area contributed by atoms with Crippen LogP contribution in [-0.4, -0.2) is 44.2 Å². The molecule has 146 valence electrons. The summed E-state index contributed by atoms with van der Waals surface area (Å²) in [7, 11) is -3.18. The second-order valence-electron chi connectivity index (χ2n) is 7.34. The first-order valence-electron chi connectivity index (χ1n) is 9.50. The number of likely N-dealkylation sites (tertiary alicyclic amines) is 1. The number of aromatic nitrogens is 1. The summed E-state index contributed by atoms with van der Waals surface area (Å²) in [6.07, 6.45) is 3.43. The van der Waals surface area contributed by atoms with Crippen LogP contribution in [0.1, 0.15) is 17.9 Å². The van der Waals surface area contributed by atoms with E-state index in [1.54, 1.807) is 12.1 Å². The van der Waals surface area contributed by atoms with Gasteiger partial charge in [0.15, 0.2) is 9.84 Å². The van der Waals surface area contributed by atoms with Gasteiger partial charge in [-0.05, 0) is 61.8 Å². The number of nitrogens with zero attached hydrogens (tertiary/aromatic N) is 2. The topological polar surface area (TPSA) is 63.4 Å². The Bertz CT molecular complexity index is 1060. The number of sulfone groups is 1. The van der Waals surface area contributed by atoms with Crippen LogP contribution in [0.4, 0.5) is 0 Å². The third-order valence-electron chi connectivity index (χ3n) is 5.25. The van der Waals surface area contributed by atoms with E-state index in [0.29, 0.717) is 10.8 Å². The van der Waals surface area contributed by atoms with Crippen LogP contribution in [0.25, 0.3) is 22.6 Å². The van der Waals surface area contributed by atoms with Crippen molar-refractivity contribution < 1.29 is 12.8 Å². The van der Waals surface area contributed by atoms with E-state index >= 15 is 0 Å². The Labute approximate surface area is 165 Å². The molecule has 6 heteroatoms. The van der Waals surface area contributed by atoms with Crippen molar-refractivity contribution in [2.75, 3.05) is 25.9 Å². The van der Waals surface area contributed by atoms with Crippen molar-refractivity contribution >= 4 is 9.84 Å². The molecule has 3 aromatic rings. The minimum atomic E-state index is -3.18. The Morgan fingerprint density at radius 1 is 0.964 bits per heavy atom. The maximum atomic E-state index is 11.6. The molecule has 2 heterocycles. The van der Waals surface area contributed by atoms with Crippen molar-refractivity contribution in [1.82, 2.24) is 9.88 Å². The summed E-state index contributed by atoms with van der Waals surface area (Å²) in [4.78, 5) is 7.45. The summed E-state index contributed by atoms with van der Waals surface area (Å²) in [5.41, 5.74) is 3.96. The zero-order valence-corrected chi connectivity index (χ0v) is 17.0. The number of benzene rings is 2. The van der Waals surface area contributed by atoms with Gasteiger partial charge in [0.1, 0.15) is 5.76 Å². The van der Waals surface area contributed by atoms with Gasteiger partial charge in [-0.1, -0.05) is 24.3 Å². The SMILES string of the molecule is Cc1oc(-c2ccc(-c3ccc(S(C)(=O)=O)cc3)cc2)nc1CCN1CCC1. The van der Waals surface area contributed by atoms with Crippen LogP contribution in [0, 0.1) is 6.92 Å². The highest BCUT2D eigenvalue weighted by Gasteiger charge is 2.16. The molecule has 0 N–H and O–H groups in total. The van der Waals surface area contributed by atoms with Crippen molar-refractivity contribution in [2.45, 2.75) is 24.7 Å². The molecule has 0 bridgehead atoms. The van der Waals surface area contributed by atoms with Crippen LogP contribution in [-0.2, 0) is 16.3 Å². The van der Waals surface area contributed by atoms with Crippen LogP contribution in [0.15, 0.2) is 57.8 Å². The molecule has 1 aliphatic heterocycles. The van der Waals surface area contributed by atoms with E-state index in [4.69, 9.17) is 9.40 Å². The minimum Gasteiger partial charge on any atom is -0.441 e. The molecule has 0 saturated carbocycles. The molecule has 0 atom stereocenters. The van der Waals surface area contributed by atoms with Crippen molar-refractivity contribution in [2.24, 2.45) is 0 Å². The van der Waals surface area contributed by atoms with Crippen LogP contribution < -0.4 is 0 Å². The molecule has 0 spiro atoms. The highest BCUT2D eigenvalue weighted by molar-refractivity contribution is 7.90. The van der Waals surface area contributed by atoms with Crippen molar-refractivity contribution in [1.29, 1.82) is 0 Å². The van der Waals surface area contributed by atoms with E-state index in [0.717, 1.165) is 41.1 Å². The van der Waals surface area contributed by atoms with Gasteiger partial charge in [-0.3, -0.25) is 0 Å². The highest BCUT2D eigenvalue weighted by atomic mass is 32.2. The van der Waals surface area contributed by atoms with Crippen molar-refractivity contribution in [3.05, 3.63) is 60.0 Å². The molecule has 2 aromatic carbocycles. The standard InChI is InChI=1S/C22H24N2O3S/c1-16-21(12-15-24-13-3-14-24)23-22(27-16)19-6-4-17(5-7-19)18-8-10-20(11-9-18)28(2,25)26/h4-11H,3,12-15H2,1-2H3. The summed E-state index contributed by atoms with van der Waals surface area (Å²) in [5.74, 6) is 1.53. The first-order chi connectivity index (χ1) is 13.4. The molecule has 0 radical (unpaired) electrons. The molecular weight excluding hydrogens is 372 g/mol. The Morgan fingerprint density at radius 2 is 1.54 bits per heavy atom. The molecule has 1 aromatic heterocycles. The number of aryl methyl sites for hydroxylation is 1. The number of rotatable bonds is 6. The molecule has 0 amide bonds. The summed E-state index contributed by atoms with van der Waals surface area (Å²) in [5, 5.41) is 0. The fourth-order valence-corrected chi connectivity index (χ4v) is 3.98. The van der Waals surface area contributed by atoms with E-state index in [9.17, 15) is 8.42 Å². The second kappa shape index (κ2) is 7.53. The van der Waals surface area contributed by atoms with Gasteiger partial charge in [-0.15, -0.1) is 0 Å². The number of oxazole rings is 1. The molecule has 0 aliphatic carbocycles. The van der Waals surface area contributed by atoms with Gasteiger partial charge in [0, 0.05) is 24.8 Å². The van der Waals surface area contributed by atoms with E-state index in [1.165, 1.54) is 25.8 Å². The van der Waals surface area contributed by atoms with Crippen LogP contribution in [0.2, 0.25) is 0 Å². The highest BCUT2D eigenvalue weighted by Crippen LogP contribution is 2.27. The zero-order valence-electron chi connectivity index (χ0n) is 16.2. The molecule has 28 heavy (non-hydrogen) atoms. The van der Waals surface area contributed by atoms with Crippen LogP contribution in [0.3, 0.4) is 0 Å². The quantitative estimate of drug-likeness (QED) is 0.631. The molecule has 5 nitrogen and oxygen atoms in total. The van der Waals surface area contributed by atoms with E-state index < -0.39 is 9.84 Å². The molecule has 0 unspecified atom stereocenters. The maximum Gasteiger partial charge on any atom is 0.226 e. The Morgan fingerprint density at radius 3 is 2.07 bits per heavy atom. The van der Waals surface area contributed by atoms with Gasteiger partial charge < -0.3 is 9.32 Å². The number of hydrogen-bond acceptors (Lipinski definition) is 5. The lowest BCUT2D eigenvalue weighted by Crippen LogP contribution is -2.38. The van der Waals surface area contributed by atoms with Gasteiger partial charge in [-0.25, -0.2) is 13.4 Å².